The number of aromatic nitrogens is 1. The quantitative estimate of drug-likeness (QED) is 0.347. The fourth-order valence-corrected chi connectivity index (χ4v) is 4.44. The van der Waals surface area contributed by atoms with E-state index in [1.807, 2.05) is 10.6 Å². The molecule has 0 radical (unpaired) electrons. The molecule has 0 aliphatic heterocycles. The average molecular weight is 438 g/mol. The molecule has 32 heavy (non-hydrogen) atoms. The van der Waals surface area contributed by atoms with Crippen LogP contribution >= 0.6 is 0 Å². The summed E-state index contributed by atoms with van der Waals surface area (Å²) in [7, 11) is 1.26. The van der Waals surface area contributed by atoms with Crippen molar-refractivity contribution in [1.29, 1.82) is 0 Å². The number of hydrogen-bond donors (Lipinski definition) is 1. The lowest BCUT2D eigenvalue weighted by molar-refractivity contribution is -0.142. The molecule has 0 saturated carbocycles. The Bertz CT molecular complexity index is 1260. The number of methoxy groups -OCH3 is 1. The molecule has 1 aliphatic rings. The van der Waals surface area contributed by atoms with Crippen LogP contribution in [0.4, 0.5) is 4.39 Å². The molecule has 4 rings (SSSR count). The van der Waals surface area contributed by atoms with Gasteiger partial charge in [0, 0.05) is 12.2 Å². The van der Waals surface area contributed by atoms with Crippen LogP contribution in [0.3, 0.4) is 0 Å². The number of halogens is 1. The minimum Gasteiger partial charge on any atom is -0.481 e. The summed E-state index contributed by atoms with van der Waals surface area (Å²) in [5, 5.41) is 0.437. The predicted molar refractivity (Wildman–Crippen MR) is 115 cm³/mol. The van der Waals surface area contributed by atoms with Crippen LogP contribution < -0.4 is 10.5 Å². The monoisotopic (exact) mass is 438 g/mol. The van der Waals surface area contributed by atoms with Gasteiger partial charge in [-0.05, 0) is 61.1 Å². The van der Waals surface area contributed by atoms with Gasteiger partial charge in [-0.25, -0.2) is 9.18 Å². The van der Waals surface area contributed by atoms with Crippen LogP contribution in [0.25, 0.3) is 10.9 Å². The molecule has 7 nitrogen and oxygen atoms in total. The number of rotatable bonds is 7. The molecular weight excluding hydrogens is 415 g/mol. The zero-order valence-corrected chi connectivity index (χ0v) is 17.9. The summed E-state index contributed by atoms with van der Waals surface area (Å²) in [5.41, 5.74) is 9.56. The Labute approximate surface area is 183 Å². The third-order valence-electron chi connectivity index (χ3n) is 5.88. The summed E-state index contributed by atoms with van der Waals surface area (Å²) in [6.07, 6.45) is 2.54. The van der Waals surface area contributed by atoms with E-state index in [4.69, 9.17) is 10.5 Å². The predicted octanol–water partition coefficient (Wildman–Crippen LogP) is 2.85. The molecule has 0 bridgehead atoms. The van der Waals surface area contributed by atoms with Crippen molar-refractivity contribution >= 4 is 28.6 Å². The molecule has 1 aromatic heterocycles. The maximum Gasteiger partial charge on any atom is 0.343 e. The number of nitrogens with two attached hydrogens (primary N) is 1. The molecule has 1 heterocycles. The number of aryl methyl sites for hydroxylation is 2. The fourth-order valence-electron chi connectivity index (χ4n) is 4.44. The van der Waals surface area contributed by atoms with Crippen molar-refractivity contribution in [2.75, 3.05) is 13.7 Å². The van der Waals surface area contributed by atoms with E-state index >= 15 is 0 Å². The van der Waals surface area contributed by atoms with Crippen LogP contribution in [0.1, 0.15) is 39.2 Å². The lowest BCUT2D eigenvalue weighted by atomic mass is 10.0. The van der Waals surface area contributed by atoms with Gasteiger partial charge in [0.2, 0.25) is 0 Å². The number of hydrogen-bond acceptors (Lipinski definition) is 5. The highest BCUT2D eigenvalue weighted by molar-refractivity contribution is 6.45. The van der Waals surface area contributed by atoms with Crippen LogP contribution in [0.5, 0.6) is 5.75 Å². The topological polar surface area (TPSA) is 101 Å². The zero-order valence-electron chi connectivity index (χ0n) is 17.9. The average Bonchev–Trinajstić information content (AvgIpc) is 3.34. The van der Waals surface area contributed by atoms with Gasteiger partial charge < -0.3 is 19.8 Å². The Hall–Kier alpha value is -3.68. The van der Waals surface area contributed by atoms with Gasteiger partial charge in [0.1, 0.15) is 11.6 Å². The summed E-state index contributed by atoms with van der Waals surface area (Å²) in [5.74, 6) is -2.55. The Balaban J connectivity index is 2.00. The van der Waals surface area contributed by atoms with Gasteiger partial charge in [0.25, 0.3) is 11.7 Å². The molecule has 0 spiro atoms. The smallest absolute Gasteiger partial charge is 0.343 e. The highest BCUT2D eigenvalue weighted by Crippen LogP contribution is 2.41. The van der Waals surface area contributed by atoms with Crippen molar-refractivity contribution in [1.82, 2.24) is 4.57 Å². The molecule has 0 saturated heterocycles. The zero-order chi connectivity index (χ0) is 23.0. The molecule has 0 atom stereocenters. The first kappa shape index (κ1) is 21.5. The second kappa shape index (κ2) is 8.45. The number of nitrogens with zero attached hydrogens (tertiary/aromatic N) is 1. The van der Waals surface area contributed by atoms with E-state index in [2.05, 4.69) is 4.74 Å². The minimum absolute atomic E-state index is 0.137. The number of primary amides is 1. The summed E-state index contributed by atoms with van der Waals surface area (Å²) < 4.78 is 26.1. The number of benzene rings is 2. The molecule has 1 aliphatic carbocycles. The number of ketones is 1. The van der Waals surface area contributed by atoms with Crippen LogP contribution in [0.2, 0.25) is 0 Å². The van der Waals surface area contributed by atoms with Gasteiger partial charge in [-0.15, -0.1) is 0 Å². The van der Waals surface area contributed by atoms with E-state index in [9.17, 15) is 18.8 Å². The van der Waals surface area contributed by atoms with E-state index in [0.29, 0.717) is 28.9 Å². The second-order valence-electron chi connectivity index (χ2n) is 7.82. The molecule has 3 aromatic rings. The largest absolute Gasteiger partial charge is 0.481 e. The summed E-state index contributed by atoms with van der Waals surface area (Å²) >= 11 is 0. The maximum atomic E-state index is 13.8. The first-order chi connectivity index (χ1) is 15.3. The van der Waals surface area contributed by atoms with E-state index in [0.717, 1.165) is 35.9 Å². The van der Waals surface area contributed by atoms with Gasteiger partial charge in [0.05, 0.1) is 23.6 Å². The van der Waals surface area contributed by atoms with E-state index in [1.54, 1.807) is 19.1 Å². The Morgan fingerprint density at radius 3 is 2.66 bits per heavy atom. The summed E-state index contributed by atoms with van der Waals surface area (Å²) in [4.78, 5) is 36.4. The van der Waals surface area contributed by atoms with Gasteiger partial charge >= 0.3 is 5.97 Å². The van der Waals surface area contributed by atoms with Crippen LogP contribution in [0.15, 0.2) is 30.3 Å². The maximum absolute atomic E-state index is 13.8. The molecule has 166 valence electrons. The number of esters is 1. The molecule has 8 heteroatoms. The number of fused-ring (bicyclic) bond motifs is 3. The van der Waals surface area contributed by atoms with E-state index in [1.165, 1.54) is 19.2 Å². The first-order valence-electron chi connectivity index (χ1n) is 10.3. The number of Topliss-reactive ketones (excluding diaryl/α,β-unsaturated/α-hetero) is 1. The van der Waals surface area contributed by atoms with Crippen molar-refractivity contribution in [3.63, 3.8) is 0 Å². The molecule has 0 fully saturated rings. The molecule has 0 unspecified atom stereocenters. The van der Waals surface area contributed by atoms with E-state index in [-0.39, 0.29) is 18.0 Å². The van der Waals surface area contributed by atoms with Gasteiger partial charge in [-0.2, -0.15) is 0 Å². The Morgan fingerprint density at radius 2 is 1.97 bits per heavy atom. The number of amides is 1. The second-order valence-corrected chi connectivity index (χ2v) is 7.82. The Kier molecular flexibility index (Phi) is 5.69. The first-order valence-corrected chi connectivity index (χ1v) is 10.3. The van der Waals surface area contributed by atoms with Crippen molar-refractivity contribution in [3.05, 3.63) is 64.1 Å². The molecule has 2 N–H and O–H groups in total. The van der Waals surface area contributed by atoms with Gasteiger partial charge in [-0.1, -0.05) is 12.1 Å². The van der Waals surface area contributed by atoms with E-state index < -0.39 is 17.7 Å². The van der Waals surface area contributed by atoms with Crippen LogP contribution in [0, 0.1) is 12.7 Å². The molecule has 1 amide bonds. The minimum atomic E-state index is -1.09. The third-order valence-corrected chi connectivity index (χ3v) is 5.88. The SMILES string of the molecule is COC(=O)COc1cc2c(c3c1c(C(=O)C(N)=O)c(C)n3Cc1cccc(F)c1)CCC2. The number of carbonyl (C=O) groups is 3. The van der Waals surface area contributed by atoms with Crippen molar-refractivity contribution in [2.45, 2.75) is 32.7 Å². The fraction of sp³-hybridized carbons (Fsp3) is 0.292. The summed E-state index contributed by atoms with van der Waals surface area (Å²) in [6.45, 7) is 1.67. The standard InChI is InChI=1S/C24H23FN2O5/c1-13-20(23(29)24(26)30)21-18(32-12-19(28)31-2)10-15-6-4-8-17(15)22(21)27(13)11-14-5-3-7-16(25)9-14/h3,5,7,9-10H,4,6,8,11-12H2,1-2H3,(H2,26,30). The lowest BCUT2D eigenvalue weighted by Crippen LogP contribution is -2.24. The third kappa shape index (κ3) is 3.72. The van der Waals surface area contributed by atoms with Crippen LogP contribution in [-0.2, 0) is 33.7 Å². The Morgan fingerprint density at radius 1 is 1.19 bits per heavy atom. The van der Waals surface area contributed by atoms with Crippen LogP contribution in [-0.4, -0.2) is 35.9 Å². The van der Waals surface area contributed by atoms with Crippen molar-refractivity contribution < 1.29 is 28.2 Å². The molecular formula is C24H23FN2O5. The molecule has 2 aromatic carbocycles. The van der Waals surface area contributed by atoms with Crippen molar-refractivity contribution in [2.24, 2.45) is 5.73 Å². The number of ether oxygens (including phenoxy) is 2. The number of carbonyl (C=O) groups excluding carboxylic acids is 3. The van der Waals surface area contributed by atoms with Crippen molar-refractivity contribution in [3.8, 4) is 5.75 Å². The lowest BCUT2D eigenvalue weighted by Gasteiger charge is -2.14. The summed E-state index contributed by atoms with van der Waals surface area (Å²) in [6, 6.07) is 8.02. The van der Waals surface area contributed by atoms with Gasteiger partial charge in [-0.3, -0.25) is 9.59 Å². The van der Waals surface area contributed by atoms with Gasteiger partial charge in [0.15, 0.2) is 6.61 Å². The highest BCUT2D eigenvalue weighted by Gasteiger charge is 2.30. The highest BCUT2D eigenvalue weighted by atomic mass is 19.1. The normalized spacial score (nSPS) is 12.6.